The summed E-state index contributed by atoms with van der Waals surface area (Å²) in [6, 6.07) is 17.8. The molecule has 0 bridgehead atoms. The Morgan fingerprint density at radius 1 is 1.00 bits per heavy atom. The van der Waals surface area contributed by atoms with E-state index in [-0.39, 0.29) is 5.82 Å². The maximum atomic E-state index is 13.0. The molecule has 0 spiro atoms. The molecule has 0 saturated heterocycles. The SMILES string of the molecule is CCCNC(Cc1ccc(F)cc1)C(C)c1ccccc1. The molecule has 0 saturated carbocycles. The van der Waals surface area contributed by atoms with Gasteiger partial charge >= 0.3 is 0 Å². The summed E-state index contributed by atoms with van der Waals surface area (Å²) in [6.45, 7) is 5.43. The van der Waals surface area contributed by atoms with Crippen LogP contribution < -0.4 is 5.32 Å². The van der Waals surface area contributed by atoms with Crippen LogP contribution in [0.3, 0.4) is 0 Å². The van der Waals surface area contributed by atoms with Crippen molar-refractivity contribution in [2.24, 2.45) is 0 Å². The summed E-state index contributed by atoms with van der Waals surface area (Å²) in [5.41, 5.74) is 2.51. The standard InChI is InChI=1S/C19H24FN/c1-3-13-21-19(14-16-9-11-18(20)12-10-16)15(2)17-7-5-4-6-8-17/h4-12,15,19,21H,3,13-14H2,1-2H3. The molecule has 0 aliphatic heterocycles. The van der Waals surface area contributed by atoms with Gasteiger partial charge in [-0.2, -0.15) is 0 Å². The van der Waals surface area contributed by atoms with Crippen molar-refractivity contribution in [2.75, 3.05) is 6.54 Å². The molecule has 0 radical (unpaired) electrons. The van der Waals surface area contributed by atoms with E-state index in [0.717, 1.165) is 19.4 Å². The lowest BCUT2D eigenvalue weighted by atomic mass is 9.89. The number of halogens is 1. The molecule has 2 rings (SSSR count). The van der Waals surface area contributed by atoms with Gasteiger partial charge < -0.3 is 5.32 Å². The molecule has 21 heavy (non-hydrogen) atoms. The Morgan fingerprint density at radius 3 is 2.29 bits per heavy atom. The van der Waals surface area contributed by atoms with Crippen molar-refractivity contribution < 1.29 is 4.39 Å². The number of rotatable bonds is 7. The van der Waals surface area contributed by atoms with E-state index in [1.165, 1.54) is 11.1 Å². The van der Waals surface area contributed by atoms with Gasteiger partial charge in [-0.05, 0) is 48.6 Å². The minimum absolute atomic E-state index is 0.173. The van der Waals surface area contributed by atoms with E-state index >= 15 is 0 Å². The molecule has 0 fully saturated rings. The van der Waals surface area contributed by atoms with E-state index in [1.54, 1.807) is 12.1 Å². The van der Waals surface area contributed by atoms with Gasteiger partial charge in [0.15, 0.2) is 0 Å². The highest BCUT2D eigenvalue weighted by molar-refractivity contribution is 5.23. The number of benzene rings is 2. The molecule has 0 heterocycles. The normalized spacial score (nSPS) is 13.9. The Balaban J connectivity index is 2.11. The van der Waals surface area contributed by atoms with Crippen LogP contribution in [0.4, 0.5) is 4.39 Å². The maximum Gasteiger partial charge on any atom is 0.123 e. The summed E-state index contributed by atoms with van der Waals surface area (Å²) >= 11 is 0. The summed E-state index contributed by atoms with van der Waals surface area (Å²) in [5, 5.41) is 3.64. The van der Waals surface area contributed by atoms with Gasteiger partial charge in [0.2, 0.25) is 0 Å². The van der Waals surface area contributed by atoms with Gasteiger partial charge in [-0.15, -0.1) is 0 Å². The minimum atomic E-state index is -0.173. The summed E-state index contributed by atoms with van der Waals surface area (Å²) in [5.74, 6) is 0.246. The second kappa shape index (κ2) is 7.94. The first-order valence-corrected chi connectivity index (χ1v) is 7.73. The van der Waals surface area contributed by atoms with E-state index in [1.807, 2.05) is 18.2 Å². The van der Waals surface area contributed by atoms with Crippen LogP contribution in [0.15, 0.2) is 54.6 Å². The quantitative estimate of drug-likeness (QED) is 0.787. The fourth-order valence-electron chi connectivity index (χ4n) is 2.62. The zero-order valence-electron chi connectivity index (χ0n) is 12.9. The van der Waals surface area contributed by atoms with E-state index in [2.05, 4.69) is 43.4 Å². The van der Waals surface area contributed by atoms with Gasteiger partial charge in [0.05, 0.1) is 0 Å². The van der Waals surface area contributed by atoms with Crippen LogP contribution in [-0.4, -0.2) is 12.6 Å². The minimum Gasteiger partial charge on any atom is -0.313 e. The van der Waals surface area contributed by atoms with Crippen molar-refractivity contribution in [3.05, 3.63) is 71.5 Å². The molecule has 2 heteroatoms. The highest BCUT2D eigenvalue weighted by atomic mass is 19.1. The zero-order chi connectivity index (χ0) is 15.1. The fraction of sp³-hybridized carbons (Fsp3) is 0.368. The Bertz CT molecular complexity index is 521. The van der Waals surface area contributed by atoms with E-state index in [0.29, 0.717) is 12.0 Å². The summed E-state index contributed by atoms with van der Waals surface area (Å²) in [6.07, 6.45) is 2.03. The first-order valence-electron chi connectivity index (χ1n) is 7.73. The third-order valence-corrected chi connectivity index (χ3v) is 3.95. The van der Waals surface area contributed by atoms with Crippen molar-refractivity contribution in [3.63, 3.8) is 0 Å². The Morgan fingerprint density at radius 2 is 1.67 bits per heavy atom. The largest absolute Gasteiger partial charge is 0.313 e. The smallest absolute Gasteiger partial charge is 0.123 e. The van der Waals surface area contributed by atoms with Crippen molar-refractivity contribution in [3.8, 4) is 0 Å². The molecule has 2 aromatic rings. The van der Waals surface area contributed by atoms with E-state index in [4.69, 9.17) is 0 Å². The van der Waals surface area contributed by atoms with E-state index < -0.39 is 0 Å². The number of nitrogens with one attached hydrogen (secondary N) is 1. The monoisotopic (exact) mass is 285 g/mol. The molecular formula is C19H24FN. The first-order chi connectivity index (χ1) is 10.2. The van der Waals surface area contributed by atoms with Gasteiger partial charge in [-0.1, -0.05) is 56.3 Å². The van der Waals surface area contributed by atoms with Gasteiger partial charge in [-0.3, -0.25) is 0 Å². The molecule has 1 nitrogen and oxygen atoms in total. The van der Waals surface area contributed by atoms with Crippen LogP contribution >= 0.6 is 0 Å². The van der Waals surface area contributed by atoms with E-state index in [9.17, 15) is 4.39 Å². The molecular weight excluding hydrogens is 261 g/mol. The average molecular weight is 285 g/mol. The first kappa shape index (κ1) is 15.7. The van der Waals surface area contributed by atoms with Gasteiger partial charge in [0, 0.05) is 6.04 Å². The van der Waals surface area contributed by atoms with Crippen LogP contribution in [0.25, 0.3) is 0 Å². The summed E-state index contributed by atoms with van der Waals surface area (Å²) in [4.78, 5) is 0. The highest BCUT2D eigenvalue weighted by Gasteiger charge is 2.18. The Kier molecular flexibility index (Phi) is 5.94. The Labute approximate surface area is 127 Å². The van der Waals surface area contributed by atoms with Crippen molar-refractivity contribution >= 4 is 0 Å². The zero-order valence-corrected chi connectivity index (χ0v) is 12.9. The van der Waals surface area contributed by atoms with Crippen LogP contribution in [0.2, 0.25) is 0 Å². The van der Waals surface area contributed by atoms with Gasteiger partial charge in [0.1, 0.15) is 5.82 Å². The molecule has 112 valence electrons. The number of hydrogen-bond donors (Lipinski definition) is 1. The summed E-state index contributed by atoms with van der Waals surface area (Å²) < 4.78 is 13.0. The molecule has 0 aliphatic rings. The molecule has 0 aliphatic carbocycles. The third kappa shape index (κ3) is 4.68. The lowest BCUT2D eigenvalue weighted by Crippen LogP contribution is -2.36. The molecule has 2 aromatic carbocycles. The van der Waals surface area contributed by atoms with Crippen LogP contribution in [0.5, 0.6) is 0 Å². The molecule has 2 atom stereocenters. The lowest BCUT2D eigenvalue weighted by molar-refractivity contribution is 0.446. The Hall–Kier alpha value is -1.67. The highest BCUT2D eigenvalue weighted by Crippen LogP contribution is 2.22. The topological polar surface area (TPSA) is 12.0 Å². The number of hydrogen-bond acceptors (Lipinski definition) is 1. The van der Waals surface area contributed by atoms with Crippen molar-refractivity contribution in [2.45, 2.75) is 38.6 Å². The molecule has 1 N–H and O–H groups in total. The van der Waals surface area contributed by atoms with Crippen molar-refractivity contribution in [1.29, 1.82) is 0 Å². The van der Waals surface area contributed by atoms with Gasteiger partial charge in [-0.25, -0.2) is 4.39 Å². The molecule has 0 aromatic heterocycles. The fourth-order valence-corrected chi connectivity index (χ4v) is 2.62. The molecule has 2 unspecified atom stereocenters. The second-order valence-corrected chi connectivity index (χ2v) is 5.59. The van der Waals surface area contributed by atoms with Gasteiger partial charge in [0.25, 0.3) is 0 Å². The summed E-state index contributed by atoms with van der Waals surface area (Å²) in [7, 11) is 0. The van der Waals surface area contributed by atoms with Crippen molar-refractivity contribution in [1.82, 2.24) is 5.32 Å². The predicted octanol–water partition coefficient (Wildman–Crippen LogP) is 4.54. The third-order valence-electron chi connectivity index (χ3n) is 3.95. The maximum absolute atomic E-state index is 13.0. The average Bonchev–Trinajstić information content (AvgIpc) is 2.53. The molecule has 0 amide bonds. The second-order valence-electron chi connectivity index (χ2n) is 5.59. The lowest BCUT2D eigenvalue weighted by Gasteiger charge is -2.26. The predicted molar refractivity (Wildman–Crippen MR) is 87.0 cm³/mol. The van der Waals surface area contributed by atoms with Crippen LogP contribution in [0.1, 0.15) is 37.3 Å². The van der Waals surface area contributed by atoms with Crippen LogP contribution in [0, 0.1) is 5.82 Å². The van der Waals surface area contributed by atoms with Crippen LogP contribution in [-0.2, 0) is 6.42 Å².